The zero-order chi connectivity index (χ0) is 18.2. The number of hydrogen-bond acceptors (Lipinski definition) is 5. The number of piperidine rings is 1. The lowest BCUT2D eigenvalue weighted by Gasteiger charge is -2.31. The van der Waals surface area contributed by atoms with Crippen molar-refractivity contribution in [1.82, 2.24) is 29.3 Å². The molecule has 4 heterocycles. The Morgan fingerprint density at radius 2 is 1.85 bits per heavy atom. The molecule has 0 amide bonds. The van der Waals surface area contributed by atoms with Gasteiger partial charge in [0.25, 0.3) is 5.56 Å². The molecule has 0 radical (unpaired) electrons. The molecule has 1 aliphatic carbocycles. The number of hydrogen-bond donors (Lipinski definition) is 0. The van der Waals surface area contributed by atoms with Crippen molar-refractivity contribution in [2.75, 3.05) is 13.1 Å². The molecule has 1 aliphatic heterocycles. The second kappa shape index (κ2) is 6.88. The Bertz CT molecular complexity index is 997. The van der Waals surface area contributed by atoms with Crippen molar-refractivity contribution in [1.29, 1.82) is 0 Å². The lowest BCUT2D eigenvalue weighted by molar-refractivity contribution is 0.160. The lowest BCUT2D eigenvalue weighted by Crippen LogP contribution is -2.37. The molecule has 5 rings (SSSR count). The van der Waals surface area contributed by atoms with Gasteiger partial charge in [0.15, 0.2) is 11.5 Å². The molecule has 1 saturated carbocycles. The summed E-state index contributed by atoms with van der Waals surface area (Å²) in [5.74, 6) is 2.08. The highest BCUT2D eigenvalue weighted by Crippen LogP contribution is 2.38. The first-order valence-corrected chi connectivity index (χ1v) is 9.85. The van der Waals surface area contributed by atoms with Crippen molar-refractivity contribution in [3.8, 4) is 0 Å². The topological polar surface area (TPSA) is 68.3 Å². The van der Waals surface area contributed by atoms with Crippen LogP contribution in [0.5, 0.6) is 0 Å². The summed E-state index contributed by atoms with van der Waals surface area (Å²) < 4.78 is 3.75. The zero-order valence-electron chi connectivity index (χ0n) is 15.4. The fraction of sp³-hybridized carbons (Fsp3) is 0.500. The molecule has 3 aromatic rings. The van der Waals surface area contributed by atoms with Gasteiger partial charge >= 0.3 is 0 Å². The lowest BCUT2D eigenvalue weighted by atomic mass is 9.97. The van der Waals surface area contributed by atoms with Crippen molar-refractivity contribution in [3.05, 3.63) is 58.4 Å². The first-order valence-electron chi connectivity index (χ1n) is 9.85. The monoisotopic (exact) mass is 364 g/mol. The van der Waals surface area contributed by atoms with Gasteiger partial charge in [0.2, 0.25) is 0 Å². The maximum atomic E-state index is 12.2. The minimum Gasteiger partial charge on any atom is -0.296 e. The maximum absolute atomic E-state index is 12.2. The van der Waals surface area contributed by atoms with Gasteiger partial charge in [-0.15, -0.1) is 10.2 Å². The minimum atomic E-state index is 0.0248. The van der Waals surface area contributed by atoms with E-state index in [1.807, 2.05) is 30.5 Å². The van der Waals surface area contributed by atoms with E-state index in [4.69, 9.17) is 0 Å². The molecule has 0 N–H and O–H groups in total. The molecule has 0 aromatic carbocycles. The third kappa shape index (κ3) is 3.51. The Hall–Kier alpha value is -2.54. The highest BCUT2D eigenvalue weighted by Gasteiger charge is 2.26. The predicted octanol–water partition coefficient (Wildman–Crippen LogP) is 2.08. The van der Waals surface area contributed by atoms with Crippen LogP contribution in [0.2, 0.25) is 0 Å². The van der Waals surface area contributed by atoms with Crippen LogP contribution >= 0.6 is 0 Å². The smallest absolute Gasteiger partial charge is 0.266 e. The van der Waals surface area contributed by atoms with Gasteiger partial charge in [0, 0.05) is 24.7 Å². The largest absolute Gasteiger partial charge is 0.296 e. The average Bonchev–Trinajstić information content (AvgIpc) is 3.47. The highest BCUT2D eigenvalue weighted by molar-refractivity contribution is 5.36. The fourth-order valence-corrected chi connectivity index (χ4v) is 3.96. The molecule has 0 unspecified atom stereocenters. The molecule has 0 atom stereocenters. The average molecular weight is 364 g/mol. The Morgan fingerprint density at radius 1 is 1.00 bits per heavy atom. The SMILES string of the molecule is O=c1ccc(C2CC2)nn1CC1CCN(Cc2nnc3ccccn23)CC1. The Morgan fingerprint density at radius 3 is 2.67 bits per heavy atom. The van der Waals surface area contributed by atoms with Crippen LogP contribution in [0.15, 0.2) is 41.3 Å². The van der Waals surface area contributed by atoms with Crippen LogP contribution in [0.1, 0.15) is 43.1 Å². The molecule has 2 aliphatic rings. The van der Waals surface area contributed by atoms with Crippen LogP contribution in [0.25, 0.3) is 5.65 Å². The number of aromatic nitrogens is 5. The highest BCUT2D eigenvalue weighted by atomic mass is 16.1. The van der Waals surface area contributed by atoms with Gasteiger partial charge in [-0.3, -0.25) is 14.1 Å². The summed E-state index contributed by atoms with van der Waals surface area (Å²) in [6.07, 6.45) is 6.60. The fourth-order valence-electron chi connectivity index (χ4n) is 3.96. The molecule has 7 heteroatoms. The summed E-state index contributed by atoms with van der Waals surface area (Å²) in [6, 6.07) is 9.55. The van der Waals surface area contributed by atoms with Crippen molar-refractivity contribution in [2.45, 2.75) is 44.7 Å². The van der Waals surface area contributed by atoms with Crippen LogP contribution in [-0.2, 0) is 13.1 Å². The van der Waals surface area contributed by atoms with E-state index < -0.39 is 0 Å². The van der Waals surface area contributed by atoms with Crippen molar-refractivity contribution in [3.63, 3.8) is 0 Å². The van der Waals surface area contributed by atoms with Crippen molar-refractivity contribution < 1.29 is 0 Å². The van der Waals surface area contributed by atoms with E-state index in [0.717, 1.165) is 56.2 Å². The summed E-state index contributed by atoms with van der Waals surface area (Å²) in [6.45, 7) is 3.58. The van der Waals surface area contributed by atoms with Gasteiger partial charge in [0.1, 0.15) is 0 Å². The van der Waals surface area contributed by atoms with Crippen LogP contribution in [-0.4, -0.2) is 42.4 Å². The molecule has 27 heavy (non-hydrogen) atoms. The van der Waals surface area contributed by atoms with Crippen molar-refractivity contribution in [2.24, 2.45) is 5.92 Å². The van der Waals surface area contributed by atoms with Gasteiger partial charge in [0.05, 0.1) is 12.2 Å². The van der Waals surface area contributed by atoms with Crippen LogP contribution in [0.4, 0.5) is 0 Å². The summed E-state index contributed by atoms with van der Waals surface area (Å²) in [5.41, 5.74) is 2.01. The number of rotatable bonds is 5. The van der Waals surface area contributed by atoms with E-state index in [1.54, 1.807) is 10.7 Å². The number of likely N-dealkylation sites (tertiary alicyclic amines) is 1. The van der Waals surface area contributed by atoms with Gasteiger partial charge < -0.3 is 0 Å². The number of fused-ring (bicyclic) bond motifs is 1. The predicted molar refractivity (Wildman–Crippen MR) is 101 cm³/mol. The number of pyridine rings is 1. The molecule has 0 bridgehead atoms. The zero-order valence-corrected chi connectivity index (χ0v) is 15.4. The Kier molecular flexibility index (Phi) is 4.24. The Balaban J connectivity index is 1.20. The normalized spacial score (nSPS) is 19.0. The molecule has 0 spiro atoms. The molecule has 140 valence electrons. The van der Waals surface area contributed by atoms with Crippen LogP contribution < -0.4 is 5.56 Å². The third-order valence-corrected chi connectivity index (χ3v) is 5.77. The molecular formula is C20H24N6O. The first kappa shape index (κ1) is 16.6. The van der Waals surface area contributed by atoms with Gasteiger partial charge in [-0.2, -0.15) is 5.10 Å². The quantitative estimate of drug-likeness (QED) is 0.693. The summed E-state index contributed by atoms with van der Waals surface area (Å²) in [7, 11) is 0. The third-order valence-electron chi connectivity index (χ3n) is 5.77. The second-order valence-electron chi connectivity index (χ2n) is 7.82. The molecule has 1 saturated heterocycles. The molecule has 7 nitrogen and oxygen atoms in total. The van der Waals surface area contributed by atoms with Crippen LogP contribution in [0, 0.1) is 5.92 Å². The van der Waals surface area contributed by atoms with E-state index in [-0.39, 0.29) is 5.56 Å². The second-order valence-corrected chi connectivity index (χ2v) is 7.82. The summed E-state index contributed by atoms with van der Waals surface area (Å²) >= 11 is 0. The van der Waals surface area contributed by atoms with Crippen molar-refractivity contribution >= 4 is 5.65 Å². The van der Waals surface area contributed by atoms with E-state index in [1.165, 1.54) is 12.8 Å². The van der Waals surface area contributed by atoms with Gasteiger partial charge in [-0.05, 0) is 62.9 Å². The maximum Gasteiger partial charge on any atom is 0.266 e. The van der Waals surface area contributed by atoms with Gasteiger partial charge in [-0.25, -0.2) is 4.68 Å². The van der Waals surface area contributed by atoms with E-state index >= 15 is 0 Å². The standard InChI is InChI=1S/C20H24N6O/c27-20-7-6-17(16-4-5-16)23-26(20)13-15-8-11-24(12-9-15)14-19-22-21-18-3-1-2-10-25(18)19/h1-3,6-7,10,15-16H,4-5,8-9,11-14H2. The molecular weight excluding hydrogens is 340 g/mol. The first-order chi connectivity index (χ1) is 13.3. The van der Waals surface area contributed by atoms with E-state index in [9.17, 15) is 4.79 Å². The van der Waals surface area contributed by atoms with E-state index in [0.29, 0.717) is 11.8 Å². The molecule has 3 aromatic heterocycles. The van der Waals surface area contributed by atoms with Gasteiger partial charge in [-0.1, -0.05) is 6.07 Å². The Labute approximate surface area is 157 Å². The van der Waals surface area contributed by atoms with E-state index in [2.05, 4.69) is 24.6 Å². The molecule has 2 fully saturated rings. The summed E-state index contributed by atoms with van der Waals surface area (Å²) in [4.78, 5) is 14.6. The minimum absolute atomic E-state index is 0.0248. The number of nitrogens with zero attached hydrogens (tertiary/aromatic N) is 6. The van der Waals surface area contributed by atoms with Crippen LogP contribution in [0.3, 0.4) is 0 Å². The summed E-state index contributed by atoms with van der Waals surface area (Å²) in [5, 5.41) is 13.2.